The van der Waals surface area contributed by atoms with Crippen LogP contribution in [-0.2, 0) is 0 Å². The van der Waals surface area contributed by atoms with E-state index < -0.39 is 12.0 Å². The fraction of sp³-hybridized carbons (Fsp3) is 0.667. The highest BCUT2D eigenvalue weighted by Crippen LogP contribution is 2.28. The molecule has 1 aliphatic carbocycles. The number of halogens is 2. The summed E-state index contributed by atoms with van der Waals surface area (Å²) in [5, 5.41) is 9.18. The highest BCUT2D eigenvalue weighted by molar-refractivity contribution is 5.29. The zero-order chi connectivity index (χ0) is 11.4. The van der Waals surface area contributed by atoms with Gasteiger partial charge in [-0.05, 0) is 30.1 Å². The Balaban J connectivity index is 2.75. The third-order valence-corrected chi connectivity index (χ3v) is 2.53. The molecule has 0 aromatic carbocycles. The molecule has 0 amide bonds. The first-order chi connectivity index (χ1) is 7.02. The molecular formula is C12H18F2O. The van der Waals surface area contributed by atoms with Crippen molar-refractivity contribution in [2.45, 2.75) is 32.9 Å². The quantitative estimate of drug-likeness (QED) is 0.765. The first-order valence-electron chi connectivity index (χ1n) is 5.35. The fourth-order valence-electron chi connectivity index (χ4n) is 1.88. The van der Waals surface area contributed by atoms with E-state index in [1.54, 1.807) is 0 Å². The second kappa shape index (κ2) is 5.40. The maximum absolute atomic E-state index is 13.1. The van der Waals surface area contributed by atoms with Gasteiger partial charge in [0.1, 0.15) is 12.0 Å². The van der Waals surface area contributed by atoms with Crippen molar-refractivity contribution >= 4 is 0 Å². The van der Waals surface area contributed by atoms with Crippen LogP contribution in [0.2, 0.25) is 0 Å². The van der Waals surface area contributed by atoms with E-state index in [2.05, 4.69) is 0 Å². The van der Waals surface area contributed by atoms with Gasteiger partial charge in [0.2, 0.25) is 0 Å². The van der Waals surface area contributed by atoms with E-state index in [9.17, 15) is 13.9 Å². The van der Waals surface area contributed by atoms with Gasteiger partial charge in [-0.2, -0.15) is 0 Å². The van der Waals surface area contributed by atoms with Crippen LogP contribution in [0.1, 0.15) is 26.7 Å². The second-order valence-electron chi connectivity index (χ2n) is 4.49. The summed E-state index contributed by atoms with van der Waals surface area (Å²) in [4.78, 5) is 0. The van der Waals surface area contributed by atoms with E-state index in [1.807, 2.05) is 13.8 Å². The summed E-state index contributed by atoms with van der Waals surface area (Å²) < 4.78 is 26.1. The van der Waals surface area contributed by atoms with Crippen LogP contribution in [0.5, 0.6) is 0 Å². The summed E-state index contributed by atoms with van der Waals surface area (Å²) in [7, 11) is 0. The minimum atomic E-state index is -1.24. The van der Waals surface area contributed by atoms with Gasteiger partial charge in [0.05, 0.1) is 0 Å². The van der Waals surface area contributed by atoms with Crippen molar-refractivity contribution < 1.29 is 13.9 Å². The maximum Gasteiger partial charge on any atom is 0.125 e. The van der Waals surface area contributed by atoms with Gasteiger partial charge < -0.3 is 5.11 Å². The molecule has 15 heavy (non-hydrogen) atoms. The number of hydrogen-bond donors (Lipinski definition) is 1. The Kier molecular flexibility index (Phi) is 4.45. The summed E-state index contributed by atoms with van der Waals surface area (Å²) in [5.41, 5.74) is 0.599. The van der Waals surface area contributed by atoms with Crippen LogP contribution in [0.4, 0.5) is 8.78 Å². The minimum Gasteiger partial charge on any atom is -0.396 e. The Bertz CT molecular complexity index is 269. The molecule has 0 aromatic heterocycles. The third-order valence-electron chi connectivity index (χ3n) is 2.53. The fourth-order valence-corrected chi connectivity index (χ4v) is 1.88. The number of aliphatic hydroxyl groups excluding tert-OH is 1. The van der Waals surface area contributed by atoms with E-state index in [-0.39, 0.29) is 18.9 Å². The molecule has 0 aromatic rings. The van der Waals surface area contributed by atoms with Gasteiger partial charge in [0, 0.05) is 18.9 Å². The molecular weight excluding hydrogens is 198 g/mol. The van der Waals surface area contributed by atoms with Crippen molar-refractivity contribution in [3.8, 4) is 0 Å². The predicted octanol–water partition coefficient (Wildman–Crippen LogP) is 3.16. The van der Waals surface area contributed by atoms with Gasteiger partial charge >= 0.3 is 0 Å². The monoisotopic (exact) mass is 216 g/mol. The van der Waals surface area contributed by atoms with Gasteiger partial charge in [-0.3, -0.25) is 0 Å². The van der Waals surface area contributed by atoms with Gasteiger partial charge in [0.15, 0.2) is 0 Å². The lowest BCUT2D eigenvalue weighted by atomic mass is 9.87. The Labute approximate surface area is 89.5 Å². The molecule has 0 aliphatic heterocycles. The Hall–Kier alpha value is -0.700. The average molecular weight is 216 g/mol. The number of hydrogen-bond acceptors (Lipinski definition) is 1. The van der Waals surface area contributed by atoms with Crippen LogP contribution in [0.25, 0.3) is 0 Å². The summed E-state index contributed by atoms with van der Waals surface area (Å²) >= 11 is 0. The number of aliphatic hydroxyl groups is 1. The zero-order valence-electron chi connectivity index (χ0n) is 9.21. The van der Waals surface area contributed by atoms with Crippen LogP contribution in [0.15, 0.2) is 23.6 Å². The van der Waals surface area contributed by atoms with Crippen molar-refractivity contribution in [1.82, 2.24) is 0 Å². The molecule has 86 valence electrons. The summed E-state index contributed by atoms with van der Waals surface area (Å²) in [6.07, 6.45) is 2.12. The predicted molar refractivity (Wildman–Crippen MR) is 56.8 cm³/mol. The molecule has 0 spiro atoms. The zero-order valence-corrected chi connectivity index (χ0v) is 9.21. The van der Waals surface area contributed by atoms with Crippen LogP contribution >= 0.6 is 0 Å². The smallest absolute Gasteiger partial charge is 0.125 e. The highest BCUT2D eigenvalue weighted by Gasteiger charge is 2.20. The van der Waals surface area contributed by atoms with Gasteiger partial charge in [-0.1, -0.05) is 13.8 Å². The van der Waals surface area contributed by atoms with E-state index in [0.29, 0.717) is 11.5 Å². The molecule has 0 saturated heterocycles. The maximum atomic E-state index is 13.1. The molecule has 1 nitrogen and oxygen atoms in total. The number of alkyl halides is 1. The van der Waals surface area contributed by atoms with E-state index in [1.165, 1.54) is 12.2 Å². The van der Waals surface area contributed by atoms with E-state index in [4.69, 9.17) is 0 Å². The standard InChI is InChI=1S/C12H18F2O/c1-8(2)3-10(7-15)9-4-11(13)6-12(14)5-9/h4-5,8,10-11,15H,3,6-7H2,1-2H3. The van der Waals surface area contributed by atoms with Gasteiger partial charge in [0.25, 0.3) is 0 Å². The molecule has 1 rings (SSSR count). The van der Waals surface area contributed by atoms with E-state index >= 15 is 0 Å². The molecule has 0 bridgehead atoms. The van der Waals surface area contributed by atoms with Crippen molar-refractivity contribution in [2.24, 2.45) is 11.8 Å². The first-order valence-corrected chi connectivity index (χ1v) is 5.35. The van der Waals surface area contributed by atoms with Crippen molar-refractivity contribution in [3.63, 3.8) is 0 Å². The molecule has 3 heteroatoms. The second-order valence-corrected chi connectivity index (χ2v) is 4.49. The summed E-state index contributed by atoms with van der Waals surface area (Å²) in [5.74, 6) is -0.170. The van der Waals surface area contributed by atoms with Crippen LogP contribution in [0, 0.1) is 11.8 Å². The normalized spacial score (nSPS) is 23.7. The average Bonchev–Trinajstić information content (AvgIpc) is 2.12. The Morgan fingerprint density at radius 2 is 2.20 bits per heavy atom. The third kappa shape index (κ3) is 3.74. The lowest BCUT2D eigenvalue weighted by Gasteiger charge is -2.21. The number of allylic oxidation sites excluding steroid dienone is 3. The first kappa shape index (κ1) is 12.4. The molecule has 2 unspecified atom stereocenters. The molecule has 1 aliphatic rings. The van der Waals surface area contributed by atoms with Crippen LogP contribution in [0.3, 0.4) is 0 Å². The Morgan fingerprint density at radius 3 is 2.67 bits per heavy atom. The van der Waals surface area contributed by atoms with Crippen molar-refractivity contribution in [2.75, 3.05) is 6.61 Å². The van der Waals surface area contributed by atoms with Gasteiger partial charge in [-0.15, -0.1) is 0 Å². The van der Waals surface area contributed by atoms with E-state index in [0.717, 1.165) is 6.42 Å². The topological polar surface area (TPSA) is 20.2 Å². The lowest BCUT2D eigenvalue weighted by Crippen LogP contribution is -2.15. The largest absolute Gasteiger partial charge is 0.396 e. The minimum absolute atomic E-state index is 0.0550. The SMILES string of the molecule is CC(C)CC(CO)C1=CC(F)CC(F)=C1. The molecule has 1 N–H and O–H groups in total. The summed E-state index contributed by atoms with van der Waals surface area (Å²) in [6.45, 7) is 4.00. The van der Waals surface area contributed by atoms with Gasteiger partial charge in [-0.25, -0.2) is 8.78 Å². The van der Waals surface area contributed by atoms with Crippen molar-refractivity contribution in [3.05, 3.63) is 23.6 Å². The van der Waals surface area contributed by atoms with Crippen molar-refractivity contribution in [1.29, 1.82) is 0 Å². The molecule has 0 radical (unpaired) electrons. The molecule has 0 saturated carbocycles. The highest BCUT2D eigenvalue weighted by atomic mass is 19.1. The van der Waals surface area contributed by atoms with Crippen LogP contribution in [-0.4, -0.2) is 17.9 Å². The molecule has 0 fully saturated rings. The molecule has 2 atom stereocenters. The molecule has 0 heterocycles. The number of rotatable bonds is 4. The summed E-state index contributed by atoms with van der Waals surface area (Å²) in [6, 6.07) is 0. The lowest BCUT2D eigenvalue weighted by molar-refractivity contribution is 0.227. The van der Waals surface area contributed by atoms with Crippen LogP contribution < -0.4 is 0 Å². The Morgan fingerprint density at radius 1 is 1.53 bits per heavy atom.